The van der Waals surface area contributed by atoms with Crippen LogP contribution in [0, 0.1) is 6.92 Å². The van der Waals surface area contributed by atoms with E-state index in [4.69, 9.17) is 4.74 Å². The minimum Gasteiger partial charge on any atom is -0.462 e. The van der Waals surface area contributed by atoms with Crippen LogP contribution < -0.4 is 10.0 Å². The number of amides is 1. The van der Waals surface area contributed by atoms with Crippen molar-refractivity contribution in [2.75, 3.05) is 22.9 Å². The van der Waals surface area contributed by atoms with E-state index < -0.39 is 21.9 Å². The van der Waals surface area contributed by atoms with Crippen molar-refractivity contribution in [1.82, 2.24) is 0 Å². The fraction of sp³-hybridized carbons (Fsp3) is 0.222. The quantitative estimate of drug-likeness (QED) is 0.755. The van der Waals surface area contributed by atoms with Gasteiger partial charge < -0.3 is 10.1 Å². The topological polar surface area (TPSA) is 102 Å². The molecular weight excluding hydrogens is 356 g/mol. The van der Waals surface area contributed by atoms with Crippen LogP contribution in [-0.4, -0.2) is 33.2 Å². The maximum atomic E-state index is 12.6. The molecule has 0 aromatic heterocycles. The highest BCUT2D eigenvalue weighted by Crippen LogP contribution is 2.21. The average Bonchev–Trinajstić information content (AvgIpc) is 2.56. The van der Waals surface area contributed by atoms with Gasteiger partial charge in [-0.1, -0.05) is 12.1 Å². The van der Waals surface area contributed by atoms with E-state index in [1.54, 1.807) is 50.2 Å². The zero-order valence-electron chi connectivity index (χ0n) is 14.7. The monoisotopic (exact) mass is 376 g/mol. The second-order valence-corrected chi connectivity index (χ2v) is 7.36. The normalized spacial score (nSPS) is 10.9. The van der Waals surface area contributed by atoms with Crippen LogP contribution in [0.3, 0.4) is 0 Å². The van der Waals surface area contributed by atoms with Gasteiger partial charge in [0.2, 0.25) is 10.0 Å². The Morgan fingerprint density at radius 2 is 1.81 bits per heavy atom. The summed E-state index contributed by atoms with van der Waals surface area (Å²) >= 11 is 0. The van der Waals surface area contributed by atoms with Crippen LogP contribution in [-0.2, 0) is 14.8 Å². The van der Waals surface area contributed by atoms with Gasteiger partial charge in [-0.2, -0.15) is 0 Å². The Morgan fingerprint density at radius 3 is 2.46 bits per heavy atom. The maximum Gasteiger partial charge on any atom is 0.338 e. The molecule has 7 nitrogen and oxygen atoms in total. The summed E-state index contributed by atoms with van der Waals surface area (Å²) in [5, 5.41) is 2.70. The van der Waals surface area contributed by atoms with Crippen LogP contribution in [0.5, 0.6) is 0 Å². The highest BCUT2D eigenvalue weighted by molar-refractivity contribution is 7.92. The van der Waals surface area contributed by atoms with Crippen molar-refractivity contribution in [1.29, 1.82) is 0 Å². The first-order chi connectivity index (χ1) is 12.2. The van der Waals surface area contributed by atoms with E-state index in [1.807, 2.05) is 0 Å². The van der Waals surface area contributed by atoms with Crippen molar-refractivity contribution < 1.29 is 22.7 Å². The molecule has 0 saturated heterocycles. The molecule has 0 aliphatic carbocycles. The molecule has 26 heavy (non-hydrogen) atoms. The van der Waals surface area contributed by atoms with E-state index in [-0.39, 0.29) is 6.61 Å². The largest absolute Gasteiger partial charge is 0.462 e. The molecule has 0 aliphatic rings. The molecule has 0 radical (unpaired) electrons. The number of sulfonamides is 1. The van der Waals surface area contributed by atoms with Gasteiger partial charge in [0.25, 0.3) is 5.91 Å². The van der Waals surface area contributed by atoms with Crippen LogP contribution in [0.4, 0.5) is 11.4 Å². The Hall–Kier alpha value is -2.87. The second kappa shape index (κ2) is 8.01. The molecule has 0 aliphatic heterocycles. The van der Waals surface area contributed by atoms with Gasteiger partial charge in [-0.3, -0.25) is 9.52 Å². The Balaban J connectivity index is 2.24. The van der Waals surface area contributed by atoms with Gasteiger partial charge in [0.15, 0.2) is 0 Å². The first-order valence-corrected chi connectivity index (χ1v) is 9.76. The molecule has 2 rings (SSSR count). The first kappa shape index (κ1) is 19.5. The first-order valence-electron chi connectivity index (χ1n) is 7.87. The molecule has 0 heterocycles. The van der Waals surface area contributed by atoms with Crippen molar-refractivity contribution in [2.24, 2.45) is 0 Å². The maximum absolute atomic E-state index is 12.6. The number of esters is 1. The van der Waals surface area contributed by atoms with Crippen LogP contribution in [0.25, 0.3) is 0 Å². The minimum absolute atomic E-state index is 0.259. The van der Waals surface area contributed by atoms with E-state index in [0.29, 0.717) is 28.1 Å². The fourth-order valence-corrected chi connectivity index (χ4v) is 2.95. The number of nitrogens with one attached hydrogen (secondary N) is 2. The number of rotatable bonds is 6. The SMILES string of the molecule is CCOC(=O)c1cccc(NC(=O)c2cccc(NS(C)(=O)=O)c2C)c1. The number of benzene rings is 2. The van der Waals surface area contributed by atoms with Crippen molar-refractivity contribution in [2.45, 2.75) is 13.8 Å². The molecule has 0 saturated carbocycles. The molecule has 0 bridgehead atoms. The predicted octanol–water partition coefficient (Wildman–Crippen LogP) is 2.80. The number of carbonyl (C=O) groups is 2. The molecule has 8 heteroatoms. The Bertz CT molecular complexity index is 938. The van der Waals surface area contributed by atoms with Crippen molar-refractivity contribution >= 4 is 33.3 Å². The summed E-state index contributed by atoms with van der Waals surface area (Å²) in [5.41, 5.74) is 1.91. The molecular formula is C18H20N2O5S. The highest BCUT2D eigenvalue weighted by Gasteiger charge is 2.15. The number of hydrogen-bond acceptors (Lipinski definition) is 5. The van der Waals surface area contributed by atoms with Crippen molar-refractivity contribution in [3.05, 3.63) is 59.2 Å². The molecule has 0 atom stereocenters. The Labute approximate surface area is 152 Å². The number of carbonyl (C=O) groups excluding carboxylic acids is 2. The summed E-state index contributed by atoms with van der Waals surface area (Å²) in [5.74, 6) is -0.889. The van der Waals surface area contributed by atoms with Crippen LogP contribution in [0.2, 0.25) is 0 Å². The fourth-order valence-electron chi connectivity index (χ4n) is 2.33. The summed E-state index contributed by atoms with van der Waals surface area (Å²) in [6.07, 6.45) is 1.04. The number of hydrogen-bond donors (Lipinski definition) is 2. The van der Waals surface area contributed by atoms with Gasteiger partial charge >= 0.3 is 5.97 Å². The second-order valence-electron chi connectivity index (χ2n) is 5.61. The van der Waals surface area contributed by atoms with Crippen LogP contribution >= 0.6 is 0 Å². The van der Waals surface area contributed by atoms with E-state index in [0.717, 1.165) is 6.26 Å². The highest BCUT2D eigenvalue weighted by atomic mass is 32.2. The Kier molecular flexibility index (Phi) is 5.99. The predicted molar refractivity (Wildman–Crippen MR) is 100.0 cm³/mol. The van der Waals surface area contributed by atoms with Crippen LogP contribution in [0.15, 0.2) is 42.5 Å². The van der Waals surface area contributed by atoms with Crippen molar-refractivity contribution in [3.63, 3.8) is 0 Å². The van der Waals surface area contributed by atoms with Gasteiger partial charge in [0.1, 0.15) is 0 Å². The third kappa shape index (κ3) is 5.06. The minimum atomic E-state index is -3.45. The molecule has 2 N–H and O–H groups in total. The lowest BCUT2D eigenvalue weighted by molar-refractivity contribution is 0.0526. The molecule has 0 spiro atoms. The van der Waals surface area contributed by atoms with E-state index in [1.165, 1.54) is 6.07 Å². The third-order valence-corrected chi connectivity index (χ3v) is 4.10. The van der Waals surface area contributed by atoms with Crippen molar-refractivity contribution in [3.8, 4) is 0 Å². The van der Waals surface area contributed by atoms with Gasteiger partial charge in [-0.15, -0.1) is 0 Å². The molecule has 2 aromatic rings. The van der Waals surface area contributed by atoms with Gasteiger partial charge in [-0.05, 0) is 49.7 Å². The van der Waals surface area contributed by atoms with Crippen LogP contribution in [0.1, 0.15) is 33.2 Å². The number of anilines is 2. The zero-order valence-corrected chi connectivity index (χ0v) is 15.5. The Morgan fingerprint density at radius 1 is 1.12 bits per heavy atom. The number of ether oxygens (including phenoxy) is 1. The molecule has 0 fully saturated rings. The molecule has 2 aromatic carbocycles. The van der Waals surface area contributed by atoms with Gasteiger partial charge in [-0.25, -0.2) is 13.2 Å². The lowest BCUT2D eigenvalue weighted by atomic mass is 10.1. The van der Waals surface area contributed by atoms with Gasteiger partial charge in [0, 0.05) is 11.3 Å². The van der Waals surface area contributed by atoms with E-state index in [9.17, 15) is 18.0 Å². The average molecular weight is 376 g/mol. The molecule has 138 valence electrons. The summed E-state index contributed by atoms with van der Waals surface area (Å²) in [7, 11) is -3.45. The smallest absolute Gasteiger partial charge is 0.338 e. The zero-order chi connectivity index (χ0) is 19.3. The lowest BCUT2D eigenvalue weighted by Crippen LogP contribution is -2.16. The van der Waals surface area contributed by atoms with Gasteiger partial charge in [0.05, 0.1) is 24.1 Å². The summed E-state index contributed by atoms with van der Waals surface area (Å²) in [6.45, 7) is 3.62. The summed E-state index contributed by atoms with van der Waals surface area (Å²) < 4.78 is 30.2. The molecule has 1 amide bonds. The van der Waals surface area contributed by atoms with E-state index >= 15 is 0 Å². The van der Waals surface area contributed by atoms with E-state index in [2.05, 4.69) is 10.0 Å². The standard InChI is InChI=1S/C18H20N2O5S/c1-4-25-18(22)13-7-5-8-14(11-13)19-17(21)15-9-6-10-16(12(15)2)20-26(3,23)24/h5-11,20H,4H2,1-3H3,(H,19,21). The third-order valence-electron chi connectivity index (χ3n) is 3.51. The summed E-state index contributed by atoms with van der Waals surface area (Å²) in [6, 6.07) is 11.1. The lowest BCUT2D eigenvalue weighted by Gasteiger charge is -2.13. The summed E-state index contributed by atoms with van der Waals surface area (Å²) in [4.78, 5) is 24.3. The molecule has 0 unspecified atom stereocenters.